The second-order valence-corrected chi connectivity index (χ2v) is 8.32. The number of H-pyrrole nitrogens is 2. The van der Waals surface area contributed by atoms with Crippen molar-refractivity contribution in [3.63, 3.8) is 0 Å². The lowest BCUT2D eigenvalue weighted by molar-refractivity contribution is 0.243. The van der Waals surface area contributed by atoms with E-state index >= 15 is 0 Å². The lowest BCUT2D eigenvalue weighted by Gasteiger charge is -2.28. The zero-order chi connectivity index (χ0) is 22.2. The van der Waals surface area contributed by atoms with Crippen molar-refractivity contribution in [2.45, 2.75) is 19.5 Å². The predicted molar refractivity (Wildman–Crippen MR) is 127 cm³/mol. The monoisotopic (exact) mass is 434 g/mol. The summed E-state index contributed by atoms with van der Waals surface area (Å²) in [5, 5.41) is 1.22. The van der Waals surface area contributed by atoms with Gasteiger partial charge in [-0.15, -0.1) is 0 Å². The first-order chi connectivity index (χ1) is 16.3. The molecule has 1 aliphatic heterocycles. The molecular formula is C26H22N6O. The van der Waals surface area contributed by atoms with Crippen LogP contribution in [0, 0.1) is 0 Å². The predicted octanol–water partition coefficient (Wildman–Crippen LogP) is 3.93. The summed E-state index contributed by atoms with van der Waals surface area (Å²) in [6.45, 7) is 2.15. The van der Waals surface area contributed by atoms with Gasteiger partial charge in [0.2, 0.25) is 0 Å². The fourth-order valence-electron chi connectivity index (χ4n) is 4.61. The first-order valence-electron chi connectivity index (χ1n) is 11.0. The number of para-hydroxylation sites is 1. The summed E-state index contributed by atoms with van der Waals surface area (Å²) in [4.78, 5) is 34.6. The van der Waals surface area contributed by atoms with E-state index in [0.29, 0.717) is 17.9 Å². The molecule has 0 bridgehead atoms. The van der Waals surface area contributed by atoms with E-state index < -0.39 is 0 Å². The van der Waals surface area contributed by atoms with Crippen LogP contribution in [-0.2, 0) is 19.5 Å². The van der Waals surface area contributed by atoms with Crippen LogP contribution in [0.25, 0.3) is 33.5 Å². The molecule has 0 fully saturated rings. The van der Waals surface area contributed by atoms with Crippen molar-refractivity contribution in [3.05, 3.63) is 100 Å². The molecular weight excluding hydrogens is 412 g/mol. The molecule has 162 valence electrons. The largest absolute Gasteiger partial charge is 0.354 e. The minimum atomic E-state index is -0.0919. The molecule has 1 aliphatic rings. The molecule has 5 aromatic rings. The van der Waals surface area contributed by atoms with Gasteiger partial charge >= 0.3 is 0 Å². The Kier molecular flexibility index (Phi) is 4.81. The van der Waals surface area contributed by atoms with Crippen molar-refractivity contribution in [2.24, 2.45) is 0 Å². The van der Waals surface area contributed by atoms with Gasteiger partial charge in [-0.3, -0.25) is 9.69 Å². The fourth-order valence-corrected chi connectivity index (χ4v) is 4.61. The first-order valence-corrected chi connectivity index (χ1v) is 11.0. The topological polar surface area (TPSA) is 90.6 Å². The van der Waals surface area contributed by atoms with Crippen molar-refractivity contribution in [1.82, 2.24) is 29.8 Å². The molecule has 0 saturated heterocycles. The molecule has 0 amide bonds. The maximum atomic E-state index is 12.9. The number of benzene rings is 2. The first kappa shape index (κ1) is 19.6. The Hall–Kier alpha value is -4.10. The second-order valence-electron chi connectivity index (χ2n) is 8.32. The molecule has 4 heterocycles. The van der Waals surface area contributed by atoms with Crippen molar-refractivity contribution < 1.29 is 0 Å². The number of hydrogen-bond donors (Lipinski definition) is 2. The van der Waals surface area contributed by atoms with E-state index in [1.165, 1.54) is 17.3 Å². The molecule has 7 heteroatoms. The molecule has 0 saturated carbocycles. The van der Waals surface area contributed by atoms with Crippen LogP contribution in [0.5, 0.6) is 0 Å². The average Bonchev–Trinajstić information content (AvgIpc) is 3.24. The SMILES string of the molecule is O=c1[nH]c(-c2cncnc2)nc2c1CN(Cc1c(-c3ccccc3)[nH]c3ccccc13)CC2. The Morgan fingerprint density at radius 3 is 2.55 bits per heavy atom. The maximum Gasteiger partial charge on any atom is 0.255 e. The highest BCUT2D eigenvalue weighted by molar-refractivity contribution is 5.90. The zero-order valence-corrected chi connectivity index (χ0v) is 18.0. The quantitative estimate of drug-likeness (QED) is 0.447. The van der Waals surface area contributed by atoms with Gasteiger partial charge in [0.1, 0.15) is 12.2 Å². The van der Waals surface area contributed by atoms with Crippen molar-refractivity contribution in [2.75, 3.05) is 6.54 Å². The number of aromatic nitrogens is 5. The number of hydrogen-bond acceptors (Lipinski definition) is 5. The molecule has 0 radical (unpaired) electrons. The minimum absolute atomic E-state index is 0.0919. The van der Waals surface area contributed by atoms with Crippen LogP contribution in [0.1, 0.15) is 16.8 Å². The normalized spacial score (nSPS) is 13.8. The molecule has 0 unspecified atom stereocenters. The lowest BCUT2D eigenvalue weighted by atomic mass is 10.0. The summed E-state index contributed by atoms with van der Waals surface area (Å²) >= 11 is 0. The van der Waals surface area contributed by atoms with Gasteiger partial charge in [0.15, 0.2) is 0 Å². The summed E-state index contributed by atoms with van der Waals surface area (Å²) in [5.41, 5.74) is 6.89. The fraction of sp³-hybridized carbons (Fsp3) is 0.154. The van der Waals surface area contributed by atoms with Crippen LogP contribution in [0.3, 0.4) is 0 Å². The molecule has 6 rings (SSSR count). The molecule has 2 aromatic carbocycles. The molecule has 7 nitrogen and oxygen atoms in total. The Bertz CT molecular complexity index is 1490. The highest BCUT2D eigenvalue weighted by Gasteiger charge is 2.24. The van der Waals surface area contributed by atoms with E-state index in [9.17, 15) is 4.79 Å². The highest BCUT2D eigenvalue weighted by Crippen LogP contribution is 2.32. The Morgan fingerprint density at radius 2 is 1.70 bits per heavy atom. The van der Waals surface area contributed by atoms with Gasteiger partial charge in [-0.25, -0.2) is 15.0 Å². The third-order valence-electron chi connectivity index (χ3n) is 6.24. The third kappa shape index (κ3) is 3.62. The Morgan fingerprint density at radius 1 is 0.909 bits per heavy atom. The summed E-state index contributed by atoms with van der Waals surface area (Å²) in [6, 6.07) is 18.8. The molecule has 0 spiro atoms. The average molecular weight is 435 g/mol. The van der Waals surface area contributed by atoms with Crippen LogP contribution in [0.2, 0.25) is 0 Å². The van der Waals surface area contributed by atoms with Crippen LogP contribution < -0.4 is 5.56 Å². The van der Waals surface area contributed by atoms with Crippen molar-refractivity contribution in [3.8, 4) is 22.6 Å². The zero-order valence-electron chi connectivity index (χ0n) is 18.0. The van der Waals surface area contributed by atoms with Gasteiger partial charge in [-0.2, -0.15) is 0 Å². The van der Waals surface area contributed by atoms with Crippen molar-refractivity contribution >= 4 is 10.9 Å². The van der Waals surface area contributed by atoms with E-state index in [-0.39, 0.29) is 5.56 Å². The van der Waals surface area contributed by atoms with Gasteiger partial charge < -0.3 is 9.97 Å². The number of nitrogens with zero attached hydrogens (tertiary/aromatic N) is 4. The summed E-state index contributed by atoms with van der Waals surface area (Å²) in [6.07, 6.45) is 5.51. The third-order valence-corrected chi connectivity index (χ3v) is 6.24. The van der Waals surface area contributed by atoms with E-state index in [1.54, 1.807) is 12.4 Å². The van der Waals surface area contributed by atoms with Crippen LogP contribution in [0.4, 0.5) is 0 Å². The highest BCUT2D eigenvalue weighted by atomic mass is 16.1. The van der Waals surface area contributed by atoms with E-state index in [2.05, 4.69) is 73.4 Å². The Balaban J connectivity index is 1.34. The second kappa shape index (κ2) is 8.11. The molecule has 3 aromatic heterocycles. The minimum Gasteiger partial charge on any atom is -0.354 e. The van der Waals surface area contributed by atoms with Gasteiger partial charge in [0.05, 0.1) is 22.5 Å². The molecule has 33 heavy (non-hydrogen) atoms. The van der Waals surface area contributed by atoms with Gasteiger partial charge in [0, 0.05) is 49.4 Å². The maximum absolute atomic E-state index is 12.9. The summed E-state index contributed by atoms with van der Waals surface area (Å²) in [5.74, 6) is 0.524. The van der Waals surface area contributed by atoms with E-state index in [0.717, 1.165) is 47.5 Å². The number of fused-ring (bicyclic) bond motifs is 2. The molecule has 0 atom stereocenters. The molecule has 2 N–H and O–H groups in total. The van der Waals surface area contributed by atoms with Gasteiger partial charge in [0.25, 0.3) is 5.56 Å². The van der Waals surface area contributed by atoms with Crippen LogP contribution >= 0.6 is 0 Å². The standard InChI is InChI=1S/C26H22N6O/c33-26-21-15-32(11-10-23(21)30-25(31-26)18-12-27-16-28-13-18)14-20-19-8-4-5-9-22(19)29-24(20)17-6-2-1-3-7-17/h1-9,12-13,16,29H,10-11,14-15H2,(H,30,31,33). The van der Waals surface area contributed by atoms with E-state index in [4.69, 9.17) is 4.98 Å². The van der Waals surface area contributed by atoms with Crippen LogP contribution in [0.15, 0.2) is 78.1 Å². The molecule has 0 aliphatic carbocycles. The number of aromatic amines is 2. The van der Waals surface area contributed by atoms with Gasteiger partial charge in [-0.1, -0.05) is 48.5 Å². The summed E-state index contributed by atoms with van der Waals surface area (Å²) in [7, 11) is 0. The van der Waals surface area contributed by atoms with Crippen LogP contribution in [-0.4, -0.2) is 36.4 Å². The summed E-state index contributed by atoms with van der Waals surface area (Å²) < 4.78 is 0. The van der Waals surface area contributed by atoms with Crippen molar-refractivity contribution in [1.29, 1.82) is 0 Å². The number of rotatable bonds is 4. The smallest absolute Gasteiger partial charge is 0.255 e. The van der Waals surface area contributed by atoms with E-state index in [1.807, 2.05) is 6.07 Å². The van der Waals surface area contributed by atoms with Gasteiger partial charge in [-0.05, 0) is 17.2 Å². The number of nitrogens with one attached hydrogen (secondary N) is 2. The lowest BCUT2D eigenvalue weighted by Crippen LogP contribution is -2.35. The Labute approximate surface area is 190 Å².